The Balaban J connectivity index is 0. The van der Waals surface area contributed by atoms with E-state index in [0.717, 1.165) is 0 Å². The molecule has 0 aromatic heterocycles. The van der Waals surface area contributed by atoms with E-state index in [2.05, 4.69) is 0 Å². The van der Waals surface area contributed by atoms with Crippen LogP contribution in [0.1, 0.15) is 0 Å². The monoisotopic (exact) mass is 342 g/mol. The topological polar surface area (TPSA) is 46.5 Å². The Hall–Kier alpha value is 1.44. The number of hydrogen-bond acceptors (Lipinski definition) is 2. The Morgan fingerprint density at radius 3 is 1.70 bits per heavy atom. The summed E-state index contributed by atoms with van der Waals surface area (Å²) in [5, 5.41) is 0. The van der Waals surface area contributed by atoms with Crippen molar-refractivity contribution >= 4 is 21.5 Å². The Bertz CT molecular complexity index is 138. The van der Waals surface area contributed by atoms with Crippen LogP contribution in [0.5, 0.6) is 0 Å². The van der Waals surface area contributed by atoms with Gasteiger partial charge in [-0.15, -0.1) is 0 Å². The summed E-state index contributed by atoms with van der Waals surface area (Å²) in [4.78, 5) is 8.73. The molecule has 0 rings (SSSR count). The fourth-order valence-electron chi connectivity index (χ4n) is 0.454. The van der Waals surface area contributed by atoms with Gasteiger partial charge in [0.05, 0.1) is 0 Å². The fraction of sp³-hybridized carbons (Fsp3) is 1.00. The van der Waals surface area contributed by atoms with Crippen LogP contribution in [0.15, 0.2) is 0 Å². The van der Waals surface area contributed by atoms with Gasteiger partial charge >= 0.3 is 58.3 Å². The van der Waals surface area contributed by atoms with Crippen molar-refractivity contribution in [3.05, 3.63) is 0 Å². The van der Waals surface area contributed by atoms with E-state index in [4.69, 9.17) is 8.41 Å². The van der Waals surface area contributed by atoms with E-state index in [1.807, 2.05) is 17.1 Å². The van der Waals surface area contributed by atoms with Crippen LogP contribution >= 0.6 is 7.60 Å². The van der Waals surface area contributed by atoms with Gasteiger partial charge in [0.15, 0.2) is 0 Å². The molecule has 1 N–H and O–H groups in total. The third-order valence-corrected chi connectivity index (χ3v) is 6.18. The molecule has 0 radical (unpaired) electrons. The Labute approximate surface area is 81.9 Å². The van der Waals surface area contributed by atoms with Crippen molar-refractivity contribution in [2.75, 3.05) is 6.66 Å². The molecule has 0 spiro atoms. The van der Waals surface area contributed by atoms with Gasteiger partial charge in [0.25, 0.3) is 0 Å². The predicted octanol–water partition coefficient (Wildman–Crippen LogP) is -1.34. The molecule has 0 bridgehead atoms. The minimum absolute atomic E-state index is 0. The first kappa shape index (κ1) is 14.0. The quantitative estimate of drug-likeness (QED) is 0.384. The zero-order chi connectivity index (χ0) is 7.71. The SMILES string of the molecule is CP(=O)(O)O[As+](C)(C)C.[I-]. The molecule has 0 saturated heterocycles. The fourth-order valence-corrected chi connectivity index (χ4v) is 7.08. The van der Waals surface area contributed by atoms with Gasteiger partial charge in [-0.3, -0.25) is 0 Å². The predicted molar refractivity (Wildman–Crippen MR) is 40.2 cm³/mol. The minimum atomic E-state index is -3.21. The molecule has 0 fully saturated rings. The van der Waals surface area contributed by atoms with Crippen molar-refractivity contribution in [3.63, 3.8) is 0 Å². The molecule has 3 nitrogen and oxygen atoms in total. The van der Waals surface area contributed by atoms with Crippen molar-refractivity contribution in [2.24, 2.45) is 0 Å². The molecule has 1 atom stereocenters. The summed E-state index contributed by atoms with van der Waals surface area (Å²) in [6.07, 6.45) is 0. The van der Waals surface area contributed by atoms with E-state index in [-0.39, 0.29) is 24.0 Å². The van der Waals surface area contributed by atoms with E-state index in [1.54, 1.807) is 0 Å². The molecule has 1 unspecified atom stereocenters. The first-order valence-corrected chi connectivity index (χ1v) is 11.0. The molecule has 0 aromatic rings. The maximum atomic E-state index is 10.6. The van der Waals surface area contributed by atoms with Crippen LogP contribution in [0.4, 0.5) is 0 Å². The zero-order valence-electron chi connectivity index (χ0n) is 6.54. The van der Waals surface area contributed by atoms with E-state index < -0.39 is 21.5 Å². The summed E-state index contributed by atoms with van der Waals surface area (Å²) >= 11 is -2.11. The smallest absolute Gasteiger partial charge is 1.00 e. The van der Waals surface area contributed by atoms with Crippen molar-refractivity contribution in [3.8, 4) is 0 Å². The molecule has 0 aliphatic heterocycles. The number of halogens is 1. The molecule has 0 saturated carbocycles. The summed E-state index contributed by atoms with van der Waals surface area (Å²) in [7, 11) is -3.21. The number of rotatable bonds is 2. The first-order valence-electron chi connectivity index (χ1n) is 2.54. The standard InChI is InChI=1S/C4H12AsO3P.HI/c1-5(2,3)8-9(4,6)7;/h1-4H3;1H. The molecule has 0 aromatic carbocycles. The van der Waals surface area contributed by atoms with Crippen LogP contribution < -0.4 is 24.0 Å². The molecular weight excluding hydrogens is 329 g/mol. The second-order valence-electron chi connectivity index (χ2n) is 2.77. The van der Waals surface area contributed by atoms with Gasteiger partial charge in [0, 0.05) is 0 Å². The second-order valence-corrected chi connectivity index (χ2v) is 13.5. The van der Waals surface area contributed by atoms with Crippen LogP contribution in [0, 0.1) is 0 Å². The van der Waals surface area contributed by atoms with Gasteiger partial charge in [-0.2, -0.15) is 0 Å². The van der Waals surface area contributed by atoms with Crippen molar-refractivity contribution in [1.82, 2.24) is 0 Å². The Kier molecular flexibility index (Phi) is 6.24. The molecule has 64 valence electrons. The van der Waals surface area contributed by atoms with Crippen molar-refractivity contribution < 1.29 is 36.9 Å². The molecule has 0 aliphatic carbocycles. The molecular formula is C4H13AsIO3P. The maximum absolute atomic E-state index is 10.6. The summed E-state index contributed by atoms with van der Waals surface area (Å²) in [5.74, 6) is 0. The van der Waals surface area contributed by atoms with Crippen LogP contribution in [-0.4, -0.2) is 25.5 Å². The molecule has 6 heteroatoms. The van der Waals surface area contributed by atoms with E-state index in [9.17, 15) is 4.57 Å². The molecule has 0 amide bonds. The van der Waals surface area contributed by atoms with Crippen molar-refractivity contribution in [1.29, 1.82) is 0 Å². The third kappa shape index (κ3) is 12.1. The van der Waals surface area contributed by atoms with Crippen LogP contribution in [0.3, 0.4) is 0 Å². The second kappa shape index (κ2) is 4.46. The largest absolute Gasteiger partial charge is 1.00 e. The van der Waals surface area contributed by atoms with Gasteiger partial charge in [0.2, 0.25) is 0 Å². The summed E-state index contributed by atoms with van der Waals surface area (Å²) in [5.41, 5.74) is 5.72. The molecule has 0 heterocycles. The van der Waals surface area contributed by atoms with Gasteiger partial charge < -0.3 is 24.0 Å². The Morgan fingerprint density at radius 1 is 1.40 bits per heavy atom. The number of hydrogen-bond donors (Lipinski definition) is 1. The van der Waals surface area contributed by atoms with Crippen LogP contribution in [0.25, 0.3) is 0 Å². The first-order chi connectivity index (χ1) is 3.71. The third-order valence-electron chi connectivity index (χ3n) is 0.396. The molecule has 0 aliphatic rings. The van der Waals surface area contributed by atoms with Crippen molar-refractivity contribution in [2.45, 2.75) is 17.1 Å². The van der Waals surface area contributed by atoms with E-state index >= 15 is 0 Å². The maximum Gasteiger partial charge on any atom is -1.00 e. The van der Waals surface area contributed by atoms with E-state index in [1.165, 1.54) is 6.66 Å². The van der Waals surface area contributed by atoms with Gasteiger partial charge in [-0.05, 0) is 0 Å². The average molecular weight is 342 g/mol. The summed E-state index contributed by atoms with van der Waals surface area (Å²) < 4.78 is 15.5. The summed E-state index contributed by atoms with van der Waals surface area (Å²) in [6.45, 7) is 1.22. The van der Waals surface area contributed by atoms with Crippen LogP contribution in [0.2, 0.25) is 17.1 Å². The normalized spacial score (nSPS) is 17.3. The average Bonchev–Trinajstić information content (AvgIpc) is 1.14. The molecule has 10 heavy (non-hydrogen) atoms. The zero-order valence-corrected chi connectivity index (χ0v) is 11.5. The van der Waals surface area contributed by atoms with Gasteiger partial charge in [0.1, 0.15) is 0 Å². The Morgan fingerprint density at radius 2 is 1.70 bits per heavy atom. The van der Waals surface area contributed by atoms with E-state index in [0.29, 0.717) is 0 Å². The summed E-state index contributed by atoms with van der Waals surface area (Å²) in [6, 6.07) is 0. The van der Waals surface area contributed by atoms with Gasteiger partial charge in [-0.25, -0.2) is 0 Å². The van der Waals surface area contributed by atoms with Gasteiger partial charge in [-0.1, -0.05) is 0 Å². The van der Waals surface area contributed by atoms with Crippen LogP contribution in [-0.2, 0) is 8.08 Å². The minimum Gasteiger partial charge on any atom is -1.00 e.